The standard InChI is InChI=1S/C23H32N4OS.HI/c1-3-24-23(25-15-18(2)14-21-6-5-13-29-21)26-16-19-8-10-20(11-9-19)17-27-12-4-7-22(27)28;/h5-6,8-11,13,18H,3-4,7,12,14-17H2,1-2H3,(H2,24,25,26);1H. The van der Waals surface area contributed by atoms with Crippen molar-refractivity contribution in [2.75, 3.05) is 19.6 Å². The van der Waals surface area contributed by atoms with Crippen molar-refractivity contribution in [3.8, 4) is 0 Å². The van der Waals surface area contributed by atoms with Gasteiger partial charge in [0.1, 0.15) is 0 Å². The van der Waals surface area contributed by atoms with E-state index >= 15 is 0 Å². The van der Waals surface area contributed by atoms with Crippen molar-refractivity contribution in [3.63, 3.8) is 0 Å². The van der Waals surface area contributed by atoms with E-state index in [4.69, 9.17) is 4.99 Å². The van der Waals surface area contributed by atoms with Crippen molar-refractivity contribution in [1.29, 1.82) is 0 Å². The molecule has 1 aromatic heterocycles. The molecule has 1 aliphatic heterocycles. The Labute approximate surface area is 201 Å². The summed E-state index contributed by atoms with van der Waals surface area (Å²) >= 11 is 1.82. The third-order valence-electron chi connectivity index (χ3n) is 5.08. The van der Waals surface area contributed by atoms with Gasteiger partial charge in [0, 0.05) is 37.5 Å². The minimum Gasteiger partial charge on any atom is -0.357 e. The van der Waals surface area contributed by atoms with E-state index in [9.17, 15) is 4.79 Å². The lowest BCUT2D eigenvalue weighted by molar-refractivity contribution is -0.128. The van der Waals surface area contributed by atoms with E-state index in [2.05, 4.69) is 66.3 Å². The molecule has 0 bridgehead atoms. The summed E-state index contributed by atoms with van der Waals surface area (Å²) in [6.07, 6.45) is 2.77. The van der Waals surface area contributed by atoms with Gasteiger partial charge in [-0.25, -0.2) is 4.99 Å². The largest absolute Gasteiger partial charge is 0.357 e. The fourth-order valence-corrected chi connectivity index (χ4v) is 4.34. The smallest absolute Gasteiger partial charge is 0.222 e. The van der Waals surface area contributed by atoms with Gasteiger partial charge in [-0.2, -0.15) is 0 Å². The van der Waals surface area contributed by atoms with E-state index in [1.165, 1.54) is 16.0 Å². The van der Waals surface area contributed by atoms with Crippen LogP contribution in [-0.2, 0) is 24.3 Å². The number of hydrogen-bond acceptors (Lipinski definition) is 3. The zero-order valence-corrected chi connectivity index (χ0v) is 21.0. The Morgan fingerprint density at radius 2 is 1.97 bits per heavy atom. The Morgan fingerprint density at radius 1 is 1.20 bits per heavy atom. The SMILES string of the molecule is CCNC(=NCc1ccc(CN2CCCC2=O)cc1)NCC(C)Cc1cccs1.I. The number of guanidine groups is 1. The maximum atomic E-state index is 11.8. The van der Waals surface area contributed by atoms with Gasteiger partial charge in [0.05, 0.1) is 6.54 Å². The van der Waals surface area contributed by atoms with Gasteiger partial charge >= 0.3 is 0 Å². The molecule has 1 fully saturated rings. The van der Waals surface area contributed by atoms with E-state index < -0.39 is 0 Å². The average molecular weight is 541 g/mol. The van der Waals surface area contributed by atoms with Crippen LogP contribution in [-0.4, -0.2) is 36.4 Å². The molecule has 7 heteroatoms. The first-order chi connectivity index (χ1) is 14.1. The van der Waals surface area contributed by atoms with Crippen molar-refractivity contribution in [2.45, 2.75) is 46.2 Å². The first-order valence-electron chi connectivity index (χ1n) is 10.5. The molecular weight excluding hydrogens is 507 g/mol. The topological polar surface area (TPSA) is 56.7 Å². The number of carbonyl (C=O) groups is 1. The Morgan fingerprint density at radius 3 is 2.60 bits per heavy atom. The molecule has 0 spiro atoms. The summed E-state index contributed by atoms with van der Waals surface area (Å²) < 4.78 is 0. The van der Waals surface area contributed by atoms with Crippen LogP contribution in [0.4, 0.5) is 0 Å². The lowest BCUT2D eigenvalue weighted by atomic mass is 10.1. The summed E-state index contributed by atoms with van der Waals surface area (Å²) in [7, 11) is 0. The molecule has 1 amide bonds. The summed E-state index contributed by atoms with van der Waals surface area (Å²) in [6.45, 7) is 8.32. The van der Waals surface area contributed by atoms with Gasteiger partial charge in [0.2, 0.25) is 5.91 Å². The van der Waals surface area contributed by atoms with Gasteiger partial charge in [0.15, 0.2) is 5.96 Å². The summed E-state index contributed by atoms with van der Waals surface area (Å²) in [6, 6.07) is 12.8. The minimum absolute atomic E-state index is 0. The van der Waals surface area contributed by atoms with Crippen LogP contribution >= 0.6 is 35.3 Å². The predicted molar refractivity (Wildman–Crippen MR) is 137 cm³/mol. The number of likely N-dealkylation sites (tertiary alicyclic amines) is 1. The normalized spacial score (nSPS) is 15.1. The number of nitrogens with one attached hydrogen (secondary N) is 2. The number of hydrogen-bond donors (Lipinski definition) is 2. The fraction of sp³-hybridized carbons (Fsp3) is 0.478. The molecule has 1 aromatic carbocycles. The third kappa shape index (κ3) is 7.91. The van der Waals surface area contributed by atoms with Crippen molar-refractivity contribution >= 4 is 47.2 Å². The molecule has 30 heavy (non-hydrogen) atoms. The summed E-state index contributed by atoms with van der Waals surface area (Å²) in [5.74, 6) is 1.68. The fourth-order valence-electron chi connectivity index (χ4n) is 3.47. The molecule has 1 atom stereocenters. The van der Waals surface area contributed by atoms with Gasteiger partial charge < -0.3 is 15.5 Å². The minimum atomic E-state index is 0. The van der Waals surface area contributed by atoms with E-state index in [-0.39, 0.29) is 29.9 Å². The highest BCUT2D eigenvalue weighted by molar-refractivity contribution is 14.0. The van der Waals surface area contributed by atoms with Gasteiger partial charge in [-0.1, -0.05) is 37.3 Å². The molecule has 2 aromatic rings. The molecule has 0 aliphatic carbocycles. The molecule has 2 N–H and O–H groups in total. The van der Waals surface area contributed by atoms with Gasteiger partial charge in [-0.05, 0) is 48.3 Å². The Kier molecular flexibility index (Phi) is 10.6. The first-order valence-corrected chi connectivity index (χ1v) is 11.4. The number of carbonyl (C=O) groups excluding carboxylic acids is 1. The van der Waals surface area contributed by atoms with E-state index in [0.29, 0.717) is 25.4 Å². The number of aliphatic imine (C=N–C) groups is 1. The molecule has 0 saturated carbocycles. The van der Waals surface area contributed by atoms with Gasteiger partial charge in [-0.15, -0.1) is 35.3 Å². The lowest BCUT2D eigenvalue weighted by Crippen LogP contribution is -2.39. The zero-order valence-electron chi connectivity index (χ0n) is 17.9. The quantitative estimate of drug-likeness (QED) is 0.281. The van der Waals surface area contributed by atoms with E-state index in [0.717, 1.165) is 38.4 Å². The number of benzene rings is 1. The van der Waals surface area contributed by atoms with Crippen LogP contribution in [0, 0.1) is 5.92 Å². The highest BCUT2D eigenvalue weighted by Crippen LogP contribution is 2.15. The van der Waals surface area contributed by atoms with Crippen LogP contribution in [0.1, 0.15) is 42.7 Å². The number of halogens is 1. The number of nitrogens with zero attached hydrogens (tertiary/aromatic N) is 2. The molecule has 1 unspecified atom stereocenters. The van der Waals surface area contributed by atoms with Crippen molar-refractivity contribution in [3.05, 3.63) is 57.8 Å². The summed E-state index contributed by atoms with van der Waals surface area (Å²) in [4.78, 5) is 19.9. The van der Waals surface area contributed by atoms with Crippen molar-refractivity contribution < 1.29 is 4.79 Å². The van der Waals surface area contributed by atoms with Crippen molar-refractivity contribution in [1.82, 2.24) is 15.5 Å². The van der Waals surface area contributed by atoms with Gasteiger partial charge in [0.25, 0.3) is 0 Å². The first kappa shape index (κ1) is 24.7. The Bertz CT molecular complexity index is 792. The van der Waals surface area contributed by atoms with Crippen LogP contribution < -0.4 is 10.6 Å². The molecule has 5 nitrogen and oxygen atoms in total. The molecular formula is C23H33IN4OS. The monoisotopic (exact) mass is 540 g/mol. The lowest BCUT2D eigenvalue weighted by Gasteiger charge is -2.16. The molecule has 1 saturated heterocycles. The number of amides is 1. The van der Waals surface area contributed by atoms with Crippen LogP contribution in [0.15, 0.2) is 46.8 Å². The zero-order chi connectivity index (χ0) is 20.5. The maximum absolute atomic E-state index is 11.8. The average Bonchev–Trinajstić information content (AvgIpc) is 3.37. The summed E-state index contributed by atoms with van der Waals surface area (Å²) in [5, 5.41) is 8.93. The second-order valence-corrected chi connectivity index (χ2v) is 8.73. The maximum Gasteiger partial charge on any atom is 0.222 e. The molecule has 164 valence electrons. The molecule has 3 rings (SSSR count). The van der Waals surface area contributed by atoms with Crippen LogP contribution in [0.5, 0.6) is 0 Å². The molecule has 0 radical (unpaired) electrons. The van der Waals surface area contributed by atoms with Crippen LogP contribution in [0.3, 0.4) is 0 Å². The molecule has 1 aliphatic rings. The second kappa shape index (κ2) is 12.9. The second-order valence-electron chi connectivity index (χ2n) is 7.70. The van der Waals surface area contributed by atoms with E-state index in [1.54, 1.807) is 0 Å². The van der Waals surface area contributed by atoms with Crippen molar-refractivity contribution in [2.24, 2.45) is 10.9 Å². The highest BCUT2D eigenvalue weighted by Gasteiger charge is 2.19. The highest BCUT2D eigenvalue weighted by atomic mass is 127. The van der Waals surface area contributed by atoms with E-state index in [1.807, 2.05) is 16.2 Å². The summed E-state index contributed by atoms with van der Waals surface area (Å²) in [5.41, 5.74) is 2.35. The van der Waals surface area contributed by atoms with Gasteiger partial charge in [-0.3, -0.25) is 4.79 Å². The third-order valence-corrected chi connectivity index (χ3v) is 5.98. The predicted octanol–water partition coefficient (Wildman–Crippen LogP) is 4.42. The number of rotatable bonds is 9. The number of thiophene rings is 1. The van der Waals surface area contributed by atoms with Crippen LogP contribution in [0.25, 0.3) is 0 Å². The molecule has 2 heterocycles. The van der Waals surface area contributed by atoms with Crippen LogP contribution in [0.2, 0.25) is 0 Å². The Balaban J connectivity index is 0.00000320. The Hall–Kier alpha value is -1.61.